The van der Waals surface area contributed by atoms with Gasteiger partial charge >= 0.3 is 0 Å². The number of para-hydroxylation sites is 1. The molecule has 3 rings (SSSR count). The summed E-state index contributed by atoms with van der Waals surface area (Å²) in [6.07, 6.45) is 6.17. The summed E-state index contributed by atoms with van der Waals surface area (Å²) in [5, 5.41) is 25.5. The number of tetrazole rings is 1. The summed E-state index contributed by atoms with van der Waals surface area (Å²) in [4.78, 5) is 0. The number of hydrogen-bond acceptors (Lipinski definition) is 5. The molecule has 0 spiro atoms. The van der Waals surface area contributed by atoms with Crippen molar-refractivity contribution in [2.45, 2.75) is 51.1 Å². The minimum atomic E-state index is -0.284. The van der Waals surface area contributed by atoms with Crippen LogP contribution in [-0.2, 0) is 6.54 Å². The average molecular weight is 315 g/mol. The summed E-state index contributed by atoms with van der Waals surface area (Å²) < 4.78 is 1.74. The van der Waals surface area contributed by atoms with Crippen LogP contribution in [0.2, 0.25) is 0 Å². The van der Waals surface area contributed by atoms with Crippen LogP contribution in [0.25, 0.3) is 5.69 Å². The van der Waals surface area contributed by atoms with Crippen LogP contribution in [0.1, 0.15) is 44.9 Å². The van der Waals surface area contributed by atoms with E-state index in [2.05, 4.69) is 27.8 Å². The Morgan fingerprint density at radius 2 is 1.96 bits per heavy atom. The highest BCUT2D eigenvalue weighted by molar-refractivity contribution is 5.30. The molecule has 1 aliphatic carbocycles. The molecule has 1 fully saturated rings. The second-order valence-electron chi connectivity index (χ2n) is 6.61. The molecule has 1 saturated carbocycles. The van der Waals surface area contributed by atoms with E-state index >= 15 is 0 Å². The highest BCUT2D eigenvalue weighted by Crippen LogP contribution is 2.32. The summed E-state index contributed by atoms with van der Waals surface area (Å²) in [5.41, 5.74) is 0.658. The summed E-state index contributed by atoms with van der Waals surface area (Å²) in [7, 11) is 0. The second-order valence-corrected chi connectivity index (χ2v) is 6.61. The van der Waals surface area contributed by atoms with Crippen molar-refractivity contribution < 1.29 is 5.11 Å². The van der Waals surface area contributed by atoms with Crippen LogP contribution in [0.15, 0.2) is 30.3 Å². The Bertz CT molecular complexity index is 608. The zero-order chi connectivity index (χ0) is 16.1. The van der Waals surface area contributed by atoms with Gasteiger partial charge in [-0.25, -0.2) is 0 Å². The third kappa shape index (κ3) is 3.59. The Hall–Kier alpha value is -1.79. The zero-order valence-electron chi connectivity index (χ0n) is 13.6. The zero-order valence-corrected chi connectivity index (χ0v) is 13.6. The van der Waals surface area contributed by atoms with E-state index in [-0.39, 0.29) is 12.1 Å². The van der Waals surface area contributed by atoms with E-state index in [0.29, 0.717) is 12.5 Å². The predicted molar refractivity (Wildman–Crippen MR) is 88.1 cm³/mol. The van der Waals surface area contributed by atoms with Gasteiger partial charge in [0.25, 0.3) is 0 Å². The highest BCUT2D eigenvalue weighted by atomic mass is 16.3. The molecule has 1 aliphatic rings. The molecule has 0 bridgehead atoms. The highest BCUT2D eigenvalue weighted by Gasteiger charge is 2.34. The van der Waals surface area contributed by atoms with E-state index in [1.165, 1.54) is 32.1 Å². The number of aliphatic hydroxyl groups excluding tert-OH is 1. The van der Waals surface area contributed by atoms with Gasteiger partial charge in [-0.15, -0.1) is 5.10 Å². The van der Waals surface area contributed by atoms with E-state index in [1.54, 1.807) is 4.68 Å². The third-order valence-corrected chi connectivity index (χ3v) is 5.02. The van der Waals surface area contributed by atoms with E-state index in [0.717, 1.165) is 11.5 Å². The van der Waals surface area contributed by atoms with Gasteiger partial charge in [0.15, 0.2) is 5.82 Å². The van der Waals surface area contributed by atoms with Crippen LogP contribution < -0.4 is 5.32 Å². The molecule has 0 saturated heterocycles. The van der Waals surface area contributed by atoms with Gasteiger partial charge in [-0.05, 0) is 48.2 Å². The number of aliphatic hydroxyl groups is 1. The quantitative estimate of drug-likeness (QED) is 0.853. The fraction of sp³-hybridized carbons (Fsp3) is 0.588. The van der Waals surface area contributed by atoms with Crippen molar-refractivity contribution in [2.24, 2.45) is 5.92 Å². The summed E-state index contributed by atoms with van der Waals surface area (Å²) in [6, 6.07) is 9.86. The molecule has 0 unspecified atom stereocenters. The Balaban J connectivity index is 1.71. The monoisotopic (exact) mass is 315 g/mol. The van der Waals surface area contributed by atoms with Gasteiger partial charge in [-0.3, -0.25) is 0 Å². The van der Waals surface area contributed by atoms with E-state index in [1.807, 2.05) is 30.3 Å². The summed E-state index contributed by atoms with van der Waals surface area (Å²) in [5.74, 6) is 1.26. The van der Waals surface area contributed by atoms with Crippen LogP contribution in [0.3, 0.4) is 0 Å². The van der Waals surface area contributed by atoms with Gasteiger partial charge in [0, 0.05) is 5.54 Å². The Morgan fingerprint density at radius 1 is 1.22 bits per heavy atom. The van der Waals surface area contributed by atoms with Gasteiger partial charge in [-0.1, -0.05) is 37.5 Å². The maximum absolute atomic E-state index is 9.93. The lowest BCUT2D eigenvalue weighted by Crippen LogP contribution is -2.52. The topological polar surface area (TPSA) is 75.9 Å². The van der Waals surface area contributed by atoms with Crippen LogP contribution >= 0.6 is 0 Å². The Morgan fingerprint density at radius 3 is 2.65 bits per heavy atom. The third-order valence-electron chi connectivity index (χ3n) is 5.02. The standard InChI is InChI=1S/C17H25N5O/c1-17(13-23,14-8-4-2-5-9-14)18-12-16-19-20-21-22(16)15-10-6-3-7-11-15/h3,6-7,10-11,14,18,23H,2,4-5,8-9,12-13H2,1H3/t17-/m1/s1. The molecule has 124 valence electrons. The number of nitrogens with one attached hydrogen (secondary N) is 1. The van der Waals surface area contributed by atoms with Crippen molar-refractivity contribution >= 4 is 0 Å². The number of rotatable bonds is 6. The van der Waals surface area contributed by atoms with Crippen molar-refractivity contribution in [1.29, 1.82) is 0 Å². The molecule has 23 heavy (non-hydrogen) atoms. The van der Waals surface area contributed by atoms with Gasteiger partial charge < -0.3 is 10.4 Å². The predicted octanol–water partition coefficient (Wildman–Crippen LogP) is 2.08. The molecule has 1 aromatic heterocycles. The smallest absolute Gasteiger partial charge is 0.170 e. The fourth-order valence-electron chi connectivity index (χ4n) is 3.44. The maximum Gasteiger partial charge on any atom is 0.170 e. The molecule has 0 amide bonds. The lowest BCUT2D eigenvalue weighted by molar-refractivity contribution is 0.0929. The van der Waals surface area contributed by atoms with Crippen molar-refractivity contribution in [3.63, 3.8) is 0 Å². The molecule has 2 aromatic rings. The first kappa shape index (κ1) is 16.1. The van der Waals surface area contributed by atoms with Gasteiger partial charge in [-0.2, -0.15) is 4.68 Å². The van der Waals surface area contributed by atoms with Crippen molar-refractivity contribution in [2.75, 3.05) is 6.61 Å². The normalized spacial score (nSPS) is 18.7. The molecule has 6 nitrogen and oxygen atoms in total. The van der Waals surface area contributed by atoms with Crippen LogP contribution in [0.5, 0.6) is 0 Å². The fourth-order valence-corrected chi connectivity index (χ4v) is 3.44. The Labute approximate surface area is 136 Å². The lowest BCUT2D eigenvalue weighted by atomic mass is 9.76. The van der Waals surface area contributed by atoms with Crippen LogP contribution in [-0.4, -0.2) is 37.5 Å². The largest absolute Gasteiger partial charge is 0.394 e. The van der Waals surface area contributed by atoms with Crippen LogP contribution in [0.4, 0.5) is 0 Å². The van der Waals surface area contributed by atoms with Crippen molar-refractivity contribution in [3.8, 4) is 5.69 Å². The van der Waals surface area contributed by atoms with E-state index in [4.69, 9.17) is 0 Å². The van der Waals surface area contributed by atoms with E-state index < -0.39 is 0 Å². The molecule has 0 aliphatic heterocycles. The molecular weight excluding hydrogens is 290 g/mol. The van der Waals surface area contributed by atoms with Gasteiger partial charge in [0.05, 0.1) is 18.8 Å². The molecule has 0 radical (unpaired) electrons. The first-order valence-electron chi connectivity index (χ1n) is 8.41. The van der Waals surface area contributed by atoms with Crippen molar-refractivity contribution in [1.82, 2.24) is 25.5 Å². The minimum absolute atomic E-state index is 0.130. The molecule has 1 aromatic carbocycles. The molecule has 1 heterocycles. The summed E-state index contributed by atoms with van der Waals surface area (Å²) in [6.45, 7) is 2.78. The first-order valence-corrected chi connectivity index (χ1v) is 8.41. The van der Waals surface area contributed by atoms with Crippen molar-refractivity contribution in [3.05, 3.63) is 36.2 Å². The minimum Gasteiger partial charge on any atom is -0.394 e. The van der Waals surface area contributed by atoms with Gasteiger partial charge in [0.1, 0.15) is 0 Å². The average Bonchev–Trinajstić information content (AvgIpc) is 3.10. The number of benzene rings is 1. The number of hydrogen-bond donors (Lipinski definition) is 2. The van der Waals surface area contributed by atoms with E-state index in [9.17, 15) is 5.11 Å². The number of aromatic nitrogens is 4. The van der Waals surface area contributed by atoms with Crippen LogP contribution in [0, 0.1) is 5.92 Å². The molecular formula is C17H25N5O. The number of nitrogens with zero attached hydrogens (tertiary/aromatic N) is 4. The Kier molecular flexibility index (Phi) is 5.03. The molecule has 1 atom stereocenters. The SMILES string of the molecule is C[C@](CO)(NCc1nnnn1-c1ccccc1)C1CCCCC1. The first-order chi connectivity index (χ1) is 11.2. The molecule has 6 heteroatoms. The maximum atomic E-state index is 9.93. The lowest BCUT2D eigenvalue weighted by Gasteiger charge is -2.39. The van der Waals surface area contributed by atoms with Gasteiger partial charge in [0.2, 0.25) is 0 Å². The second kappa shape index (κ2) is 7.19. The summed E-state index contributed by atoms with van der Waals surface area (Å²) >= 11 is 0. The molecule has 2 N–H and O–H groups in total.